The summed E-state index contributed by atoms with van der Waals surface area (Å²) in [5, 5.41) is 0. The van der Waals surface area contributed by atoms with Crippen molar-refractivity contribution in [2.45, 2.75) is 31.9 Å². The lowest BCUT2D eigenvalue weighted by atomic mass is 10.2. The van der Waals surface area contributed by atoms with Crippen LogP contribution < -0.4 is 0 Å². The first-order valence-electron chi connectivity index (χ1n) is 6.40. The maximum absolute atomic E-state index is 12.2. The van der Waals surface area contributed by atoms with Gasteiger partial charge in [0.1, 0.15) is 6.04 Å². The fourth-order valence-electron chi connectivity index (χ4n) is 2.33. The van der Waals surface area contributed by atoms with Crippen molar-refractivity contribution in [2.24, 2.45) is 0 Å². The SMILES string of the molecule is CCOC(=O)C1CCCN1C(=O)C1COCCO1. The van der Waals surface area contributed by atoms with Crippen LogP contribution in [-0.4, -0.2) is 61.9 Å². The van der Waals surface area contributed by atoms with Gasteiger partial charge in [-0.15, -0.1) is 0 Å². The molecule has 0 aliphatic carbocycles. The standard InChI is InChI=1S/C12H19NO5/c1-2-17-12(15)9-4-3-5-13(9)11(14)10-8-16-6-7-18-10/h9-10H,2-8H2,1H3. The molecule has 0 aromatic rings. The zero-order valence-electron chi connectivity index (χ0n) is 10.6. The van der Waals surface area contributed by atoms with Gasteiger partial charge in [-0.1, -0.05) is 0 Å². The molecule has 0 radical (unpaired) electrons. The molecule has 0 spiro atoms. The predicted molar refractivity (Wildman–Crippen MR) is 61.9 cm³/mol. The summed E-state index contributed by atoms with van der Waals surface area (Å²) in [6, 6.07) is -0.456. The van der Waals surface area contributed by atoms with E-state index < -0.39 is 12.1 Å². The molecule has 0 bridgehead atoms. The van der Waals surface area contributed by atoms with Crippen molar-refractivity contribution in [3.63, 3.8) is 0 Å². The minimum absolute atomic E-state index is 0.162. The highest BCUT2D eigenvalue weighted by Gasteiger charge is 2.38. The number of carbonyl (C=O) groups excluding carboxylic acids is 2. The number of rotatable bonds is 3. The molecule has 2 rings (SSSR count). The first-order valence-corrected chi connectivity index (χ1v) is 6.40. The highest BCUT2D eigenvalue weighted by atomic mass is 16.6. The highest BCUT2D eigenvalue weighted by Crippen LogP contribution is 2.21. The molecule has 0 saturated carbocycles. The molecule has 2 aliphatic rings. The summed E-state index contributed by atoms with van der Waals surface area (Å²) in [5.74, 6) is -0.481. The Balaban J connectivity index is 1.97. The van der Waals surface area contributed by atoms with Gasteiger partial charge in [0.15, 0.2) is 6.10 Å². The summed E-state index contributed by atoms with van der Waals surface area (Å²) in [7, 11) is 0. The predicted octanol–water partition coefficient (Wildman–Crippen LogP) is -0.0441. The fourth-order valence-corrected chi connectivity index (χ4v) is 2.33. The summed E-state index contributed by atoms with van der Waals surface area (Å²) in [6.45, 7) is 3.89. The molecule has 1 amide bonds. The van der Waals surface area contributed by atoms with E-state index in [-0.39, 0.29) is 18.5 Å². The van der Waals surface area contributed by atoms with Crippen LogP contribution >= 0.6 is 0 Å². The molecular formula is C12H19NO5. The third-order valence-electron chi connectivity index (χ3n) is 3.19. The van der Waals surface area contributed by atoms with Gasteiger partial charge < -0.3 is 19.1 Å². The summed E-state index contributed by atoms with van der Waals surface area (Å²) < 4.78 is 15.6. The Hall–Kier alpha value is -1.14. The molecule has 18 heavy (non-hydrogen) atoms. The average molecular weight is 257 g/mol. The van der Waals surface area contributed by atoms with Crippen molar-refractivity contribution in [3.05, 3.63) is 0 Å². The molecule has 6 heteroatoms. The Morgan fingerprint density at radius 2 is 2.22 bits per heavy atom. The molecule has 2 unspecified atom stereocenters. The van der Waals surface area contributed by atoms with Crippen molar-refractivity contribution < 1.29 is 23.8 Å². The van der Waals surface area contributed by atoms with Gasteiger partial charge in [0, 0.05) is 6.54 Å². The van der Waals surface area contributed by atoms with Crippen LogP contribution in [0.5, 0.6) is 0 Å². The van der Waals surface area contributed by atoms with Crippen molar-refractivity contribution >= 4 is 11.9 Å². The molecule has 102 valence electrons. The van der Waals surface area contributed by atoms with Gasteiger partial charge >= 0.3 is 5.97 Å². The topological polar surface area (TPSA) is 65.1 Å². The molecule has 0 aromatic heterocycles. The summed E-state index contributed by atoms with van der Waals surface area (Å²) in [6.07, 6.45) is 0.912. The Morgan fingerprint density at radius 3 is 2.89 bits per heavy atom. The molecule has 6 nitrogen and oxygen atoms in total. The monoisotopic (exact) mass is 257 g/mol. The summed E-state index contributed by atoms with van der Waals surface area (Å²) in [4.78, 5) is 25.6. The number of hydrogen-bond acceptors (Lipinski definition) is 5. The van der Waals surface area contributed by atoms with Crippen molar-refractivity contribution in [1.29, 1.82) is 0 Å². The molecule has 0 aromatic carbocycles. The van der Waals surface area contributed by atoms with Crippen LogP contribution in [0, 0.1) is 0 Å². The van der Waals surface area contributed by atoms with E-state index in [9.17, 15) is 9.59 Å². The first kappa shape index (κ1) is 13.3. The molecule has 2 heterocycles. The third-order valence-corrected chi connectivity index (χ3v) is 3.19. The van der Waals surface area contributed by atoms with Crippen molar-refractivity contribution in [3.8, 4) is 0 Å². The zero-order chi connectivity index (χ0) is 13.0. The Bertz CT molecular complexity index is 314. The van der Waals surface area contributed by atoms with Gasteiger partial charge in [-0.2, -0.15) is 0 Å². The van der Waals surface area contributed by atoms with Gasteiger partial charge in [-0.05, 0) is 19.8 Å². The largest absolute Gasteiger partial charge is 0.464 e. The molecule has 2 fully saturated rings. The van der Waals surface area contributed by atoms with E-state index in [0.29, 0.717) is 32.8 Å². The number of ether oxygens (including phenoxy) is 3. The zero-order valence-corrected chi connectivity index (χ0v) is 10.6. The van der Waals surface area contributed by atoms with Crippen LogP contribution in [0.25, 0.3) is 0 Å². The number of nitrogens with zero attached hydrogens (tertiary/aromatic N) is 1. The molecular weight excluding hydrogens is 238 g/mol. The second-order valence-electron chi connectivity index (χ2n) is 4.38. The van der Waals surface area contributed by atoms with Gasteiger partial charge in [0.2, 0.25) is 0 Å². The van der Waals surface area contributed by atoms with E-state index in [2.05, 4.69) is 0 Å². The Labute approximate surface area is 106 Å². The van der Waals surface area contributed by atoms with Crippen molar-refractivity contribution in [2.75, 3.05) is 33.0 Å². The second kappa shape index (κ2) is 6.15. The molecule has 2 atom stereocenters. The second-order valence-corrected chi connectivity index (χ2v) is 4.38. The fraction of sp³-hybridized carbons (Fsp3) is 0.833. The minimum Gasteiger partial charge on any atom is -0.464 e. The van der Waals surface area contributed by atoms with Crippen molar-refractivity contribution in [1.82, 2.24) is 4.90 Å². The number of carbonyl (C=O) groups is 2. The third kappa shape index (κ3) is 2.81. The van der Waals surface area contributed by atoms with E-state index in [1.54, 1.807) is 11.8 Å². The van der Waals surface area contributed by atoms with E-state index in [4.69, 9.17) is 14.2 Å². The number of likely N-dealkylation sites (tertiary alicyclic amines) is 1. The van der Waals surface area contributed by atoms with E-state index >= 15 is 0 Å². The Kier molecular flexibility index (Phi) is 4.54. The van der Waals surface area contributed by atoms with E-state index in [0.717, 1.165) is 6.42 Å². The molecule has 2 aliphatic heterocycles. The van der Waals surface area contributed by atoms with Crippen LogP contribution in [-0.2, 0) is 23.8 Å². The Morgan fingerprint density at radius 1 is 1.39 bits per heavy atom. The maximum Gasteiger partial charge on any atom is 0.328 e. The lowest BCUT2D eigenvalue weighted by molar-refractivity contribution is -0.165. The van der Waals surface area contributed by atoms with Crippen LogP contribution in [0.15, 0.2) is 0 Å². The minimum atomic E-state index is -0.575. The molecule has 2 saturated heterocycles. The average Bonchev–Trinajstić information content (AvgIpc) is 2.88. The van der Waals surface area contributed by atoms with Gasteiger partial charge in [0.05, 0.1) is 26.4 Å². The van der Waals surface area contributed by atoms with Crippen LogP contribution in [0.3, 0.4) is 0 Å². The van der Waals surface area contributed by atoms with E-state index in [1.807, 2.05) is 0 Å². The molecule has 0 N–H and O–H groups in total. The normalized spacial score (nSPS) is 28.2. The van der Waals surface area contributed by atoms with Gasteiger partial charge in [-0.3, -0.25) is 4.79 Å². The number of esters is 1. The maximum atomic E-state index is 12.2. The number of amides is 1. The smallest absolute Gasteiger partial charge is 0.328 e. The van der Waals surface area contributed by atoms with Crippen LogP contribution in [0.2, 0.25) is 0 Å². The van der Waals surface area contributed by atoms with Gasteiger partial charge in [-0.25, -0.2) is 4.79 Å². The lowest BCUT2D eigenvalue weighted by Crippen LogP contribution is -2.49. The summed E-state index contributed by atoms with van der Waals surface area (Å²) >= 11 is 0. The highest BCUT2D eigenvalue weighted by molar-refractivity contribution is 5.87. The van der Waals surface area contributed by atoms with Gasteiger partial charge in [0.25, 0.3) is 5.91 Å². The quantitative estimate of drug-likeness (QED) is 0.664. The van der Waals surface area contributed by atoms with Crippen LogP contribution in [0.4, 0.5) is 0 Å². The summed E-state index contributed by atoms with van der Waals surface area (Å²) in [5.41, 5.74) is 0. The lowest BCUT2D eigenvalue weighted by Gasteiger charge is -2.29. The first-order chi connectivity index (χ1) is 8.74. The van der Waals surface area contributed by atoms with E-state index in [1.165, 1.54) is 0 Å². The van der Waals surface area contributed by atoms with Crippen LogP contribution in [0.1, 0.15) is 19.8 Å². The number of hydrogen-bond donors (Lipinski definition) is 0.